The third kappa shape index (κ3) is 1.51. The van der Waals surface area contributed by atoms with Gasteiger partial charge in [0.2, 0.25) is 0 Å². The van der Waals surface area contributed by atoms with Gasteiger partial charge in [-0.15, -0.1) is 11.8 Å². The zero-order chi connectivity index (χ0) is 8.55. The third-order valence-electron chi connectivity index (χ3n) is 2.24. The molecule has 64 valence electrons. The van der Waals surface area contributed by atoms with Gasteiger partial charge in [-0.2, -0.15) is 0 Å². The second kappa shape index (κ2) is 3.58. The minimum Gasteiger partial charge on any atom is -0.125 e. The van der Waals surface area contributed by atoms with Crippen LogP contribution in [-0.4, -0.2) is 10.2 Å². The fraction of sp³-hybridized carbons (Fsp3) is 0.400. The van der Waals surface area contributed by atoms with Gasteiger partial charge in [-0.1, -0.05) is 40.3 Å². The summed E-state index contributed by atoms with van der Waals surface area (Å²) < 4.78 is 1.25. The lowest BCUT2D eigenvalue weighted by Crippen LogP contribution is -1.96. The second-order valence-corrected chi connectivity index (χ2v) is 5.15. The van der Waals surface area contributed by atoms with Crippen molar-refractivity contribution in [2.45, 2.75) is 17.7 Å². The van der Waals surface area contributed by atoms with Crippen LogP contribution in [0.4, 0.5) is 0 Å². The quantitative estimate of drug-likeness (QED) is 0.562. The van der Waals surface area contributed by atoms with Crippen molar-refractivity contribution in [3.63, 3.8) is 0 Å². The van der Waals surface area contributed by atoms with Crippen molar-refractivity contribution in [1.29, 1.82) is 0 Å². The summed E-state index contributed by atoms with van der Waals surface area (Å²) in [6, 6.07) is 6.84. The van der Waals surface area contributed by atoms with Crippen molar-refractivity contribution >= 4 is 34.4 Å². The molecule has 0 N–H and O–H groups in total. The van der Waals surface area contributed by atoms with E-state index in [1.165, 1.54) is 20.6 Å². The predicted octanol–water partition coefficient (Wildman–Crippen LogP) is 3.62. The van der Waals surface area contributed by atoms with Crippen LogP contribution in [0.3, 0.4) is 0 Å². The number of benzene rings is 1. The van der Waals surface area contributed by atoms with Crippen LogP contribution in [0.2, 0.25) is 0 Å². The number of halogens is 1. The highest BCUT2D eigenvalue weighted by Crippen LogP contribution is 2.40. The number of rotatable bonds is 1. The molecule has 0 bridgehead atoms. The molecule has 1 aromatic carbocycles. The Bertz CT molecular complexity index is 296. The number of alkyl halides is 1. The van der Waals surface area contributed by atoms with Crippen molar-refractivity contribution in [2.24, 2.45) is 0 Å². The predicted molar refractivity (Wildman–Crippen MR) is 63.5 cm³/mol. The summed E-state index contributed by atoms with van der Waals surface area (Å²) in [6.07, 6.45) is 0. The van der Waals surface area contributed by atoms with Crippen LogP contribution in [0.5, 0.6) is 0 Å². The summed E-state index contributed by atoms with van der Waals surface area (Å²) in [5, 5.41) is 0. The lowest BCUT2D eigenvalue weighted by atomic mass is 10.0. The Hall–Kier alpha value is 0.300. The first-order valence-corrected chi connectivity index (χ1v) is 6.61. The number of thioether (sulfide) groups is 1. The molecule has 1 unspecified atom stereocenters. The minimum absolute atomic E-state index is 0.797. The molecular weight excluding hydrogens is 279 g/mol. The highest BCUT2D eigenvalue weighted by Gasteiger charge is 2.21. The van der Waals surface area contributed by atoms with Crippen molar-refractivity contribution in [3.8, 4) is 0 Å². The van der Waals surface area contributed by atoms with Crippen LogP contribution in [0, 0.1) is 6.92 Å². The van der Waals surface area contributed by atoms with E-state index in [1.54, 1.807) is 5.56 Å². The molecule has 1 aliphatic heterocycles. The van der Waals surface area contributed by atoms with E-state index in [2.05, 4.69) is 47.7 Å². The Balaban J connectivity index is 2.40. The average molecular weight is 290 g/mol. The number of aryl methyl sites for hydroxylation is 1. The van der Waals surface area contributed by atoms with E-state index < -0.39 is 0 Å². The molecule has 1 heterocycles. The molecule has 0 saturated carbocycles. The van der Waals surface area contributed by atoms with E-state index in [1.807, 2.05) is 11.8 Å². The third-order valence-corrected chi connectivity index (χ3v) is 4.53. The lowest BCUT2D eigenvalue weighted by molar-refractivity contribution is 0.910. The topological polar surface area (TPSA) is 0 Å². The molecule has 2 heteroatoms. The Morgan fingerprint density at radius 2 is 2.42 bits per heavy atom. The van der Waals surface area contributed by atoms with E-state index in [0.29, 0.717) is 0 Å². The maximum Gasteiger partial charge on any atom is 0.0110 e. The van der Waals surface area contributed by atoms with Crippen LogP contribution in [0.15, 0.2) is 23.1 Å². The second-order valence-electron chi connectivity index (χ2n) is 3.20. The molecule has 0 radical (unpaired) electrons. The van der Waals surface area contributed by atoms with Gasteiger partial charge in [0.25, 0.3) is 0 Å². The molecular formula is C10H11IS. The van der Waals surface area contributed by atoms with E-state index in [9.17, 15) is 0 Å². The van der Waals surface area contributed by atoms with E-state index in [4.69, 9.17) is 0 Å². The van der Waals surface area contributed by atoms with Gasteiger partial charge < -0.3 is 0 Å². The molecule has 0 fully saturated rings. The molecule has 0 spiro atoms. The van der Waals surface area contributed by atoms with E-state index in [-0.39, 0.29) is 0 Å². The number of hydrogen-bond donors (Lipinski definition) is 0. The Morgan fingerprint density at radius 3 is 3.17 bits per heavy atom. The van der Waals surface area contributed by atoms with Gasteiger partial charge in [0.15, 0.2) is 0 Å². The lowest BCUT2D eigenvalue weighted by Gasteiger charge is -2.05. The SMILES string of the molecule is Cc1ccc2c(c1)SCC2CI. The molecule has 2 rings (SSSR count). The zero-order valence-corrected chi connectivity index (χ0v) is 9.98. The van der Waals surface area contributed by atoms with Crippen molar-refractivity contribution in [3.05, 3.63) is 29.3 Å². The summed E-state index contributed by atoms with van der Waals surface area (Å²) in [7, 11) is 0. The summed E-state index contributed by atoms with van der Waals surface area (Å²) in [4.78, 5) is 1.51. The van der Waals surface area contributed by atoms with Crippen molar-refractivity contribution < 1.29 is 0 Å². The Morgan fingerprint density at radius 1 is 1.58 bits per heavy atom. The molecule has 0 saturated heterocycles. The van der Waals surface area contributed by atoms with Crippen molar-refractivity contribution in [1.82, 2.24) is 0 Å². The zero-order valence-electron chi connectivity index (χ0n) is 7.01. The van der Waals surface area contributed by atoms with E-state index >= 15 is 0 Å². The molecule has 0 aromatic heterocycles. The maximum absolute atomic E-state index is 2.48. The average Bonchev–Trinajstić information content (AvgIpc) is 2.46. The van der Waals surface area contributed by atoms with Crippen LogP contribution < -0.4 is 0 Å². The van der Waals surface area contributed by atoms with Gasteiger partial charge >= 0.3 is 0 Å². The van der Waals surface area contributed by atoms with Gasteiger partial charge in [-0.25, -0.2) is 0 Å². The van der Waals surface area contributed by atoms with Crippen molar-refractivity contribution in [2.75, 3.05) is 10.2 Å². The highest BCUT2D eigenvalue weighted by atomic mass is 127. The molecule has 1 aliphatic rings. The summed E-state index contributed by atoms with van der Waals surface area (Å²) in [5.41, 5.74) is 2.95. The van der Waals surface area contributed by atoms with Crippen LogP contribution >= 0.6 is 34.4 Å². The molecule has 12 heavy (non-hydrogen) atoms. The Kier molecular flexibility index (Phi) is 2.65. The van der Waals surface area contributed by atoms with Crippen LogP contribution in [-0.2, 0) is 0 Å². The van der Waals surface area contributed by atoms with Gasteiger partial charge in [0, 0.05) is 21.0 Å². The fourth-order valence-corrected chi connectivity index (χ4v) is 4.07. The molecule has 0 nitrogen and oxygen atoms in total. The number of hydrogen-bond acceptors (Lipinski definition) is 1. The minimum atomic E-state index is 0.797. The summed E-state index contributed by atoms with van der Waals surface area (Å²) in [5.74, 6) is 2.08. The molecule has 1 aromatic rings. The molecule has 1 atom stereocenters. The van der Waals surface area contributed by atoms with Crippen LogP contribution in [0.1, 0.15) is 17.0 Å². The fourth-order valence-electron chi connectivity index (χ4n) is 1.51. The summed E-state index contributed by atoms with van der Waals surface area (Å²) in [6.45, 7) is 2.16. The molecule has 0 aliphatic carbocycles. The normalized spacial score (nSPS) is 21.0. The van der Waals surface area contributed by atoms with Gasteiger partial charge in [0.1, 0.15) is 0 Å². The van der Waals surface area contributed by atoms with Crippen LogP contribution in [0.25, 0.3) is 0 Å². The first-order chi connectivity index (χ1) is 5.81. The first-order valence-electron chi connectivity index (χ1n) is 4.10. The monoisotopic (exact) mass is 290 g/mol. The van der Waals surface area contributed by atoms with Gasteiger partial charge in [-0.3, -0.25) is 0 Å². The highest BCUT2D eigenvalue weighted by molar-refractivity contribution is 14.1. The van der Waals surface area contributed by atoms with E-state index in [0.717, 1.165) is 5.92 Å². The number of fused-ring (bicyclic) bond motifs is 1. The van der Waals surface area contributed by atoms with Gasteiger partial charge in [0.05, 0.1) is 0 Å². The Labute approximate surface area is 91.3 Å². The standard InChI is InChI=1S/C10H11IS/c1-7-2-3-9-8(5-11)6-12-10(9)4-7/h2-4,8H,5-6H2,1H3. The molecule has 0 amide bonds. The first kappa shape index (κ1) is 8.88. The maximum atomic E-state index is 2.48. The summed E-state index contributed by atoms with van der Waals surface area (Å²) >= 11 is 4.49. The largest absolute Gasteiger partial charge is 0.125 e. The van der Waals surface area contributed by atoms with Gasteiger partial charge in [-0.05, 0) is 18.6 Å². The smallest absolute Gasteiger partial charge is 0.0110 e.